The summed E-state index contributed by atoms with van der Waals surface area (Å²) >= 11 is 3.38. The average molecular weight is 337 g/mol. The quantitative estimate of drug-likeness (QED) is 0.928. The molecule has 1 fully saturated rings. The van der Waals surface area contributed by atoms with Gasteiger partial charge in [0.15, 0.2) is 0 Å². The number of nitrogens with zero attached hydrogens (tertiary/aromatic N) is 3. The second kappa shape index (κ2) is 6.01. The van der Waals surface area contributed by atoms with Crippen molar-refractivity contribution in [1.29, 1.82) is 0 Å². The lowest BCUT2D eigenvalue weighted by Gasteiger charge is -2.16. The predicted molar refractivity (Wildman–Crippen MR) is 78.9 cm³/mol. The number of hydrogen-bond acceptors (Lipinski definition) is 5. The third-order valence-corrected chi connectivity index (χ3v) is 4.28. The lowest BCUT2D eigenvalue weighted by molar-refractivity contribution is 0.341. The van der Waals surface area contributed by atoms with Crippen LogP contribution in [0.1, 0.15) is 31.6 Å². The Morgan fingerprint density at radius 3 is 2.90 bits per heavy atom. The first kappa shape index (κ1) is 13.7. The minimum atomic E-state index is 0.117. The number of hydrogen-bond donors (Lipinski definition) is 1. The molecule has 2 heterocycles. The van der Waals surface area contributed by atoms with Crippen molar-refractivity contribution in [3.63, 3.8) is 0 Å². The first-order chi connectivity index (χ1) is 9.72. The first-order valence-corrected chi connectivity index (χ1v) is 7.71. The number of aromatic nitrogens is 3. The number of halogens is 1. The highest BCUT2D eigenvalue weighted by Gasteiger charge is 2.24. The summed E-state index contributed by atoms with van der Waals surface area (Å²) in [5, 5.41) is 4.00. The van der Waals surface area contributed by atoms with E-state index in [1.807, 2.05) is 6.07 Å². The molecule has 1 unspecified atom stereocenters. The minimum absolute atomic E-state index is 0.117. The summed E-state index contributed by atoms with van der Waals surface area (Å²) in [6, 6.07) is 2.03. The van der Waals surface area contributed by atoms with Gasteiger partial charge >= 0.3 is 0 Å². The summed E-state index contributed by atoms with van der Waals surface area (Å²) in [5.74, 6) is 1.77. The van der Waals surface area contributed by atoms with Crippen molar-refractivity contribution in [2.24, 2.45) is 11.7 Å². The summed E-state index contributed by atoms with van der Waals surface area (Å²) in [6.45, 7) is 0. The second-order valence-electron chi connectivity index (χ2n) is 5.32. The van der Waals surface area contributed by atoms with Crippen molar-refractivity contribution in [2.75, 3.05) is 0 Å². The molecular weight excluding hydrogens is 320 g/mol. The number of nitrogens with two attached hydrogens (primary N) is 1. The Balaban J connectivity index is 1.70. The van der Waals surface area contributed by atoms with Gasteiger partial charge in [-0.2, -0.15) is 4.98 Å². The van der Waals surface area contributed by atoms with E-state index in [2.05, 4.69) is 31.1 Å². The average Bonchev–Trinajstić information content (AvgIpc) is 3.10. The molecule has 0 bridgehead atoms. The molecule has 6 heteroatoms. The van der Waals surface area contributed by atoms with E-state index in [-0.39, 0.29) is 6.04 Å². The zero-order valence-corrected chi connectivity index (χ0v) is 12.7. The molecule has 20 heavy (non-hydrogen) atoms. The van der Waals surface area contributed by atoms with Crippen LogP contribution in [0.25, 0.3) is 11.4 Å². The van der Waals surface area contributed by atoms with Crippen LogP contribution >= 0.6 is 15.9 Å². The molecular formula is C14H17BrN4O. The Morgan fingerprint density at radius 2 is 2.15 bits per heavy atom. The van der Waals surface area contributed by atoms with Crippen LogP contribution in [0, 0.1) is 5.92 Å². The maximum absolute atomic E-state index is 6.24. The number of rotatable bonds is 4. The molecule has 5 nitrogen and oxygen atoms in total. The van der Waals surface area contributed by atoms with Crippen LogP contribution < -0.4 is 5.73 Å². The predicted octanol–water partition coefficient (Wildman–Crippen LogP) is 2.95. The lowest BCUT2D eigenvalue weighted by Crippen LogP contribution is -2.30. The molecule has 2 N–H and O–H groups in total. The van der Waals surface area contributed by atoms with Crippen LogP contribution in [0.2, 0.25) is 0 Å². The molecule has 1 aliphatic carbocycles. The van der Waals surface area contributed by atoms with E-state index in [4.69, 9.17) is 10.3 Å². The van der Waals surface area contributed by atoms with Crippen molar-refractivity contribution >= 4 is 15.9 Å². The van der Waals surface area contributed by atoms with Crippen LogP contribution in [-0.4, -0.2) is 21.2 Å². The maximum atomic E-state index is 6.24. The zero-order valence-electron chi connectivity index (χ0n) is 11.1. The van der Waals surface area contributed by atoms with Gasteiger partial charge in [0.25, 0.3) is 0 Å². The van der Waals surface area contributed by atoms with Crippen LogP contribution in [0.15, 0.2) is 27.5 Å². The summed E-state index contributed by atoms with van der Waals surface area (Å²) in [4.78, 5) is 8.51. The second-order valence-corrected chi connectivity index (χ2v) is 6.23. The van der Waals surface area contributed by atoms with Crippen LogP contribution in [0.5, 0.6) is 0 Å². The topological polar surface area (TPSA) is 77.8 Å². The van der Waals surface area contributed by atoms with Crippen molar-refractivity contribution in [3.8, 4) is 11.4 Å². The van der Waals surface area contributed by atoms with Crippen molar-refractivity contribution in [3.05, 3.63) is 28.8 Å². The zero-order chi connectivity index (χ0) is 13.9. The molecule has 1 saturated carbocycles. The lowest BCUT2D eigenvalue weighted by atomic mass is 9.96. The van der Waals surface area contributed by atoms with Crippen LogP contribution in [0.3, 0.4) is 0 Å². The highest BCUT2D eigenvalue weighted by Crippen LogP contribution is 2.28. The summed E-state index contributed by atoms with van der Waals surface area (Å²) in [6.07, 6.45) is 9.11. The normalized spacial score (nSPS) is 17.5. The van der Waals surface area contributed by atoms with Gasteiger partial charge in [-0.25, -0.2) is 0 Å². The van der Waals surface area contributed by atoms with E-state index < -0.39 is 0 Å². The van der Waals surface area contributed by atoms with Crippen LogP contribution in [-0.2, 0) is 6.42 Å². The Kier molecular flexibility index (Phi) is 4.12. The van der Waals surface area contributed by atoms with Gasteiger partial charge < -0.3 is 10.3 Å². The van der Waals surface area contributed by atoms with Crippen molar-refractivity contribution < 1.29 is 4.52 Å². The van der Waals surface area contributed by atoms with Gasteiger partial charge in [-0.05, 0) is 40.8 Å². The van der Waals surface area contributed by atoms with E-state index in [0.717, 1.165) is 10.0 Å². The minimum Gasteiger partial charge on any atom is -0.339 e. The van der Waals surface area contributed by atoms with E-state index in [1.165, 1.54) is 25.7 Å². The Bertz CT molecular complexity index is 580. The van der Waals surface area contributed by atoms with Gasteiger partial charge in [-0.3, -0.25) is 4.98 Å². The van der Waals surface area contributed by atoms with Crippen molar-refractivity contribution in [2.45, 2.75) is 38.1 Å². The fourth-order valence-corrected chi connectivity index (χ4v) is 3.11. The molecule has 106 valence electrons. The molecule has 0 amide bonds. The van der Waals surface area contributed by atoms with Gasteiger partial charge in [0, 0.05) is 34.9 Å². The fourth-order valence-electron chi connectivity index (χ4n) is 2.74. The summed E-state index contributed by atoms with van der Waals surface area (Å²) < 4.78 is 6.20. The Labute approximate surface area is 126 Å². The fraction of sp³-hybridized carbons (Fsp3) is 0.500. The first-order valence-electron chi connectivity index (χ1n) is 6.91. The van der Waals surface area contributed by atoms with Gasteiger partial charge in [0.1, 0.15) is 0 Å². The van der Waals surface area contributed by atoms with E-state index in [1.54, 1.807) is 12.4 Å². The van der Waals surface area contributed by atoms with E-state index in [9.17, 15) is 0 Å². The highest BCUT2D eigenvalue weighted by atomic mass is 79.9. The monoisotopic (exact) mass is 336 g/mol. The van der Waals surface area contributed by atoms with Gasteiger partial charge in [-0.15, -0.1) is 0 Å². The molecule has 3 rings (SSSR count). The van der Waals surface area contributed by atoms with Crippen molar-refractivity contribution in [1.82, 2.24) is 15.1 Å². The molecule has 0 aliphatic heterocycles. The van der Waals surface area contributed by atoms with E-state index >= 15 is 0 Å². The molecule has 0 saturated heterocycles. The molecule has 0 radical (unpaired) electrons. The highest BCUT2D eigenvalue weighted by molar-refractivity contribution is 9.10. The smallest absolute Gasteiger partial charge is 0.228 e. The standard InChI is InChI=1S/C14H17BrN4O/c15-11-5-10(7-17-8-11)14-18-13(20-19-14)6-12(16)9-3-1-2-4-9/h5,7-9,12H,1-4,6,16H2. The maximum Gasteiger partial charge on any atom is 0.228 e. The molecule has 1 aliphatic rings. The van der Waals surface area contributed by atoms with Gasteiger partial charge in [-0.1, -0.05) is 18.0 Å². The molecule has 0 aromatic carbocycles. The SMILES string of the molecule is NC(Cc1nc(-c2cncc(Br)c2)no1)C1CCCC1. The van der Waals surface area contributed by atoms with Gasteiger partial charge in [0.2, 0.25) is 11.7 Å². The molecule has 2 aromatic heterocycles. The third-order valence-electron chi connectivity index (χ3n) is 3.85. The summed E-state index contributed by atoms with van der Waals surface area (Å²) in [7, 11) is 0. The largest absolute Gasteiger partial charge is 0.339 e. The Morgan fingerprint density at radius 1 is 1.35 bits per heavy atom. The summed E-state index contributed by atoms with van der Waals surface area (Å²) in [5.41, 5.74) is 7.07. The van der Waals surface area contributed by atoms with Gasteiger partial charge in [0.05, 0.1) is 0 Å². The molecule has 2 aromatic rings. The Hall–Kier alpha value is -1.27. The third kappa shape index (κ3) is 3.07. The molecule has 0 spiro atoms. The van der Waals surface area contributed by atoms with E-state index in [0.29, 0.717) is 24.1 Å². The number of pyridine rings is 1. The van der Waals surface area contributed by atoms with Crippen LogP contribution in [0.4, 0.5) is 0 Å². The molecule has 1 atom stereocenters.